The lowest BCUT2D eigenvalue weighted by molar-refractivity contribution is 0.104. The number of hydrogen-bond donors (Lipinski definition) is 0. The number of aromatic nitrogens is 1. The van der Waals surface area contributed by atoms with Crippen molar-refractivity contribution < 1.29 is 4.79 Å². The van der Waals surface area contributed by atoms with Crippen LogP contribution in [0, 0.1) is 11.3 Å². The standard InChI is InChI=1S/C17H10N2OS2/c18-10-13(16(20)12-5-2-1-3-6-12)9-14-11-22-17(19-14)15-7-4-8-21-15/h1-9,11H/b13-9-. The van der Waals surface area contributed by atoms with Crippen molar-refractivity contribution in [2.45, 2.75) is 0 Å². The van der Waals surface area contributed by atoms with Crippen LogP contribution in [0.2, 0.25) is 0 Å². The van der Waals surface area contributed by atoms with Crippen molar-refractivity contribution in [2.75, 3.05) is 0 Å². The molecule has 22 heavy (non-hydrogen) atoms. The molecule has 0 amide bonds. The maximum Gasteiger partial charge on any atom is 0.203 e. The van der Waals surface area contributed by atoms with Crippen LogP contribution in [0.1, 0.15) is 16.1 Å². The van der Waals surface area contributed by atoms with Gasteiger partial charge in [-0.2, -0.15) is 5.26 Å². The quantitative estimate of drug-likeness (QED) is 0.399. The highest BCUT2D eigenvalue weighted by atomic mass is 32.1. The smallest absolute Gasteiger partial charge is 0.203 e. The van der Waals surface area contributed by atoms with Crippen LogP contribution in [0.25, 0.3) is 16.0 Å². The number of hydrogen-bond acceptors (Lipinski definition) is 5. The SMILES string of the molecule is N#C/C(=C/c1csc(-c2cccs2)n1)C(=O)c1ccccc1. The molecule has 2 aromatic heterocycles. The molecule has 106 valence electrons. The third-order valence-electron chi connectivity index (χ3n) is 2.95. The highest BCUT2D eigenvalue weighted by Crippen LogP contribution is 2.28. The summed E-state index contributed by atoms with van der Waals surface area (Å²) >= 11 is 3.11. The zero-order valence-electron chi connectivity index (χ0n) is 11.4. The number of nitrogens with zero attached hydrogens (tertiary/aromatic N) is 2. The highest BCUT2D eigenvalue weighted by Gasteiger charge is 2.13. The van der Waals surface area contributed by atoms with E-state index in [1.807, 2.05) is 35.0 Å². The molecule has 0 aliphatic carbocycles. The second-order valence-corrected chi connectivity index (χ2v) is 6.23. The number of carbonyl (C=O) groups excluding carboxylic acids is 1. The number of carbonyl (C=O) groups is 1. The van der Waals surface area contributed by atoms with Gasteiger partial charge in [0.05, 0.1) is 10.6 Å². The predicted octanol–water partition coefficient (Wildman–Crippen LogP) is 4.66. The number of allylic oxidation sites excluding steroid dienone is 1. The van der Waals surface area contributed by atoms with Crippen LogP contribution in [-0.4, -0.2) is 10.8 Å². The van der Waals surface area contributed by atoms with E-state index in [1.165, 1.54) is 11.3 Å². The van der Waals surface area contributed by atoms with Crippen molar-refractivity contribution in [1.29, 1.82) is 5.26 Å². The van der Waals surface area contributed by atoms with Crippen LogP contribution < -0.4 is 0 Å². The number of rotatable bonds is 4. The Bertz CT molecular complexity index is 856. The molecule has 0 atom stereocenters. The molecule has 5 heteroatoms. The second kappa shape index (κ2) is 6.48. The van der Waals surface area contributed by atoms with Crippen molar-refractivity contribution in [2.24, 2.45) is 0 Å². The van der Waals surface area contributed by atoms with Gasteiger partial charge in [-0.05, 0) is 17.5 Å². The highest BCUT2D eigenvalue weighted by molar-refractivity contribution is 7.20. The number of thiophene rings is 1. The fourth-order valence-corrected chi connectivity index (χ4v) is 3.50. The summed E-state index contributed by atoms with van der Waals surface area (Å²) in [5.41, 5.74) is 1.23. The summed E-state index contributed by atoms with van der Waals surface area (Å²) in [5, 5.41) is 14.0. The van der Waals surface area contributed by atoms with Gasteiger partial charge in [-0.25, -0.2) is 4.98 Å². The van der Waals surface area contributed by atoms with Gasteiger partial charge in [0, 0.05) is 10.9 Å². The van der Waals surface area contributed by atoms with Crippen molar-refractivity contribution in [3.8, 4) is 16.0 Å². The average Bonchev–Trinajstić information content (AvgIpc) is 3.24. The largest absolute Gasteiger partial charge is 0.288 e. The minimum Gasteiger partial charge on any atom is -0.288 e. The first-order valence-corrected chi connectivity index (χ1v) is 8.25. The van der Waals surface area contributed by atoms with Gasteiger partial charge in [0.25, 0.3) is 0 Å². The summed E-state index contributed by atoms with van der Waals surface area (Å²) in [6.45, 7) is 0. The minimum absolute atomic E-state index is 0.0919. The van der Waals surface area contributed by atoms with Gasteiger partial charge in [-0.3, -0.25) is 4.79 Å². The molecule has 0 fully saturated rings. The fraction of sp³-hybridized carbons (Fsp3) is 0. The third kappa shape index (κ3) is 3.03. The molecule has 0 radical (unpaired) electrons. The minimum atomic E-state index is -0.284. The third-order valence-corrected chi connectivity index (χ3v) is 4.85. The molecule has 0 spiro atoms. The number of nitriles is 1. The molecule has 2 heterocycles. The summed E-state index contributed by atoms with van der Waals surface area (Å²) in [7, 11) is 0. The normalized spacial score (nSPS) is 11.1. The first-order chi connectivity index (χ1) is 10.8. The van der Waals surface area contributed by atoms with Crippen molar-refractivity contribution in [3.63, 3.8) is 0 Å². The van der Waals surface area contributed by atoms with E-state index in [1.54, 1.807) is 41.7 Å². The molecule has 3 rings (SSSR count). The van der Waals surface area contributed by atoms with E-state index >= 15 is 0 Å². The predicted molar refractivity (Wildman–Crippen MR) is 89.8 cm³/mol. The van der Waals surface area contributed by atoms with E-state index in [0.29, 0.717) is 11.3 Å². The van der Waals surface area contributed by atoms with Crippen LogP contribution in [0.4, 0.5) is 0 Å². The van der Waals surface area contributed by atoms with Gasteiger partial charge in [-0.15, -0.1) is 22.7 Å². The van der Waals surface area contributed by atoms with E-state index in [-0.39, 0.29) is 11.4 Å². The van der Waals surface area contributed by atoms with E-state index < -0.39 is 0 Å². The summed E-state index contributed by atoms with van der Waals surface area (Å²) in [4.78, 5) is 17.8. The molecule has 3 aromatic rings. The Balaban J connectivity index is 1.90. The monoisotopic (exact) mass is 322 g/mol. The zero-order chi connectivity index (χ0) is 15.4. The molecule has 0 bridgehead atoms. The van der Waals surface area contributed by atoms with Crippen LogP contribution in [0.5, 0.6) is 0 Å². The molecule has 1 aromatic carbocycles. The Labute approximate surface area is 135 Å². The van der Waals surface area contributed by atoms with Crippen LogP contribution >= 0.6 is 22.7 Å². The maximum absolute atomic E-state index is 12.3. The zero-order valence-corrected chi connectivity index (χ0v) is 13.0. The molecule has 0 aliphatic rings. The Morgan fingerprint density at radius 3 is 2.64 bits per heavy atom. The lowest BCUT2D eigenvalue weighted by Gasteiger charge is -1.97. The molecule has 0 N–H and O–H groups in total. The summed E-state index contributed by atoms with van der Waals surface area (Å²) < 4.78 is 0. The van der Waals surface area contributed by atoms with E-state index in [4.69, 9.17) is 0 Å². The molecular weight excluding hydrogens is 312 g/mol. The Morgan fingerprint density at radius 2 is 1.95 bits per heavy atom. The second-order valence-electron chi connectivity index (χ2n) is 4.42. The van der Waals surface area contributed by atoms with Crippen molar-refractivity contribution >= 4 is 34.5 Å². The summed E-state index contributed by atoms with van der Waals surface area (Å²) in [6.07, 6.45) is 1.54. The number of thiazole rings is 1. The Morgan fingerprint density at radius 1 is 1.14 bits per heavy atom. The van der Waals surface area contributed by atoms with Gasteiger partial charge in [0.15, 0.2) is 0 Å². The molecule has 0 saturated heterocycles. The first kappa shape index (κ1) is 14.4. The average molecular weight is 322 g/mol. The molecule has 0 unspecified atom stereocenters. The van der Waals surface area contributed by atoms with Gasteiger partial charge >= 0.3 is 0 Å². The molecule has 3 nitrogen and oxygen atoms in total. The molecule has 0 aliphatic heterocycles. The lowest BCUT2D eigenvalue weighted by Crippen LogP contribution is -2.01. The van der Waals surface area contributed by atoms with Crippen molar-refractivity contribution in [3.05, 3.63) is 70.1 Å². The fourth-order valence-electron chi connectivity index (χ4n) is 1.91. The van der Waals surface area contributed by atoms with Gasteiger partial charge in [0.1, 0.15) is 16.6 Å². The summed E-state index contributed by atoms with van der Waals surface area (Å²) in [5.74, 6) is -0.284. The topological polar surface area (TPSA) is 53.8 Å². The van der Waals surface area contributed by atoms with E-state index in [0.717, 1.165) is 9.88 Å². The van der Waals surface area contributed by atoms with Crippen molar-refractivity contribution in [1.82, 2.24) is 4.98 Å². The van der Waals surface area contributed by atoms with Crippen LogP contribution in [0.3, 0.4) is 0 Å². The van der Waals surface area contributed by atoms with Gasteiger partial charge in [-0.1, -0.05) is 36.4 Å². The molecule has 0 saturated carbocycles. The summed E-state index contributed by atoms with van der Waals surface area (Å²) in [6, 6.07) is 14.7. The van der Waals surface area contributed by atoms with E-state index in [2.05, 4.69) is 4.98 Å². The number of ketones is 1. The van der Waals surface area contributed by atoms with Crippen LogP contribution in [0.15, 0.2) is 58.8 Å². The maximum atomic E-state index is 12.3. The number of Topliss-reactive ketones (excluding diaryl/α,β-unsaturated/α-hetero) is 1. The number of benzene rings is 1. The van der Waals surface area contributed by atoms with E-state index in [9.17, 15) is 10.1 Å². The molecular formula is C17H10N2OS2. The van der Waals surface area contributed by atoms with Gasteiger partial charge in [0.2, 0.25) is 5.78 Å². The van der Waals surface area contributed by atoms with Crippen LogP contribution in [-0.2, 0) is 0 Å². The lowest BCUT2D eigenvalue weighted by atomic mass is 10.0. The Kier molecular flexibility index (Phi) is 4.24. The Hall–Kier alpha value is -2.55. The first-order valence-electron chi connectivity index (χ1n) is 6.49. The van der Waals surface area contributed by atoms with Gasteiger partial charge < -0.3 is 0 Å².